The summed E-state index contributed by atoms with van der Waals surface area (Å²) in [6, 6.07) is 1.95. The first kappa shape index (κ1) is 6.93. The third-order valence-corrected chi connectivity index (χ3v) is 1.62. The average molecular weight is 163 g/mol. The number of hydrogen-bond donors (Lipinski definition) is 4. The van der Waals surface area contributed by atoms with Crippen LogP contribution in [-0.4, -0.2) is 15.0 Å². The summed E-state index contributed by atoms with van der Waals surface area (Å²) in [7, 11) is 0. The number of imidazole rings is 1. The molecular weight excluding hydrogens is 154 g/mol. The molecule has 2 rings (SSSR count). The maximum absolute atomic E-state index is 5.16. The van der Waals surface area contributed by atoms with E-state index in [1.54, 1.807) is 6.20 Å². The number of H-pyrrole nitrogens is 2. The Labute approximate surface area is 69.0 Å². The molecule has 0 saturated carbocycles. The van der Waals surface area contributed by atoms with E-state index in [1.165, 1.54) is 0 Å². The SMILES string of the molecule is NNc1ncc(-c2cc[nH]c2)[nH]1. The number of rotatable bonds is 2. The zero-order valence-corrected chi connectivity index (χ0v) is 6.33. The maximum Gasteiger partial charge on any atom is 0.215 e. The summed E-state index contributed by atoms with van der Waals surface area (Å²) >= 11 is 0. The van der Waals surface area contributed by atoms with Crippen LogP contribution >= 0.6 is 0 Å². The van der Waals surface area contributed by atoms with Crippen molar-refractivity contribution in [2.45, 2.75) is 0 Å². The lowest BCUT2D eigenvalue weighted by atomic mass is 10.3. The first-order valence-corrected chi connectivity index (χ1v) is 3.55. The molecule has 2 aromatic heterocycles. The van der Waals surface area contributed by atoms with Crippen LogP contribution in [0.3, 0.4) is 0 Å². The Kier molecular flexibility index (Phi) is 1.56. The summed E-state index contributed by atoms with van der Waals surface area (Å²) < 4.78 is 0. The van der Waals surface area contributed by atoms with E-state index in [0.717, 1.165) is 11.3 Å². The summed E-state index contributed by atoms with van der Waals surface area (Å²) in [6.07, 6.45) is 5.46. The van der Waals surface area contributed by atoms with Crippen LogP contribution in [0.5, 0.6) is 0 Å². The van der Waals surface area contributed by atoms with E-state index < -0.39 is 0 Å². The molecule has 2 heterocycles. The fraction of sp³-hybridized carbons (Fsp3) is 0. The molecule has 0 atom stereocenters. The van der Waals surface area contributed by atoms with Crippen LogP contribution in [0.1, 0.15) is 0 Å². The summed E-state index contributed by atoms with van der Waals surface area (Å²) in [6.45, 7) is 0. The Bertz CT molecular complexity index is 348. The van der Waals surface area contributed by atoms with Crippen molar-refractivity contribution >= 4 is 5.95 Å². The molecule has 0 aliphatic carbocycles. The number of nitrogens with zero attached hydrogens (tertiary/aromatic N) is 1. The Morgan fingerprint density at radius 2 is 2.42 bits per heavy atom. The Hall–Kier alpha value is -1.75. The highest BCUT2D eigenvalue weighted by atomic mass is 15.3. The second-order valence-electron chi connectivity index (χ2n) is 2.39. The predicted molar refractivity (Wildman–Crippen MR) is 46.2 cm³/mol. The fourth-order valence-electron chi connectivity index (χ4n) is 1.03. The fourth-order valence-corrected chi connectivity index (χ4v) is 1.03. The molecule has 5 heteroatoms. The van der Waals surface area contributed by atoms with E-state index >= 15 is 0 Å². The highest BCUT2D eigenvalue weighted by Crippen LogP contribution is 2.16. The molecule has 12 heavy (non-hydrogen) atoms. The van der Waals surface area contributed by atoms with Crippen molar-refractivity contribution in [2.24, 2.45) is 5.84 Å². The smallest absolute Gasteiger partial charge is 0.215 e. The lowest BCUT2D eigenvalue weighted by Crippen LogP contribution is -2.07. The van der Waals surface area contributed by atoms with Crippen LogP contribution in [0.25, 0.3) is 11.3 Å². The average Bonchev–Trinajstić information content (AvgIpc) is 2.75. The van der Waals surface area contributed by atoms with E-state index in [9.17, 15) is 0 Å². The largest absolute Gasteiger partial charge is 0.367 e. The van der Waals surface area contributed by atoms with Crippen molar-refractivity contribution in [3.8, 4) is 11.3 Å². The lowest BCUT2D eigenvalue weighted by molar-refractivity contribution is 1.20. The van der Waals surface area contributed by atoms with Gasteiger partial charge in [0.25, 0.3) is 0 Å². The first-order chi connectivity index (χ1) is 5.90. The molecule has 0 amide bonds. The second kappa shape index (κ2) is 2.71. The molecule has 0 fully saturated rings. The number of hydrazine groups is 1. The zero-order chi connectivity index (χ0) is 8.39. The van der Waals surface area contributed by atoms with Gasteiger partial charge in [0.2, 0.25) is 5.95 Å². The van der Waals surface area contributed by atoms with Gasteiger partial charge in [0, 0.05) is 18.0 Å². The van der Waals surface area contributed by atoms with Crippen LogP contribution < -0.4 is 11.3 Å². The van der Waals surface area contributed by atoms with Crippen molar-refractivity contribution in [3.63, 3.8) is 0 Å². The summed E-state index contributed by atoms with van der Waals surface area (Å²) in [5.74, 6) is 5.73. The van der Waals surface area contributed by atoms with E-state index in [0.29, 0.717) is 5.95 Å². The first-order valence-electron chi connectivity index (χ1n) is 3.55. The normalized spacial score (nSPS) is 10.1. The standard InChI is InChI=1S/C7H9N5/c8-12-7-10-4-6(11-7)5-1-2-9-3-5/h1-4,9H,8H2,(H2,10,11,12). The number of nitrogens with one attached hydrogen (secondary N) is 3. The van der Waals surface area contributed by atoms with Gasteiger partial charge in [0.1, 0.15) is 0 Å². The van der Waals surface area contributed by atoms with Crippen molar-refractivity contribution in [3.05, 3.63) is 24.7 Å². The van der Waals surface area contributed by atoms with Gasteiger partial charge < -0.3 is 9.97 Å². The Balaban J connectivity index is 2.35. The van der Waals surface area contributed by atoms with Gasteiger partial charge in [0.05, 0.1) is 11.9 Å². The van der Waals surface area contributed by atoms with Crippen molar-refractivity contribution < 1.29 is 0 Å². The maximum atomic E-state index is 5.16. The highest BCUT2D eigenvalue weighted by molar-refractivity contribution is 5.59. The van der Waals surface area contributed by atoms with Gasteiger partial charge in [-0.05, 0) is 6.07 Å². The molecule has 0 aliphatic heterocycles. The van der Waals surface area contributed by atoms with Crippen LogP contribution in [0.4, 0.5) is 5.95 Å². The summed E-state index contributed by atoms with van der Waals surface area (Å²) in [5, 5.41) is 0. The lowest BCUT2D eigenvalue weighted by Gasteiger charge is -1.90. The number of nitrogens with two attached hydrogens (primary N) is 1. The molecule has 0 aliphatic rings. The minimum Gasteiger partial charge on any atom is -0.367 e. The van der Waals surface area contributed by atoms with Crippen molar-refractivity contribution in [1.29, 1.82) is 0 Å². The summed E-state index contributed by atoms with van der Waals surface area (Å²) in [4.78, 5) is 9.94. The molecule has 0 radical (unpaired) electrons. The molecule has 0 saturated heterocycles. The second-order valence-corrected chi connectivity index (χ2v) is 2.39. The number of aromatic nitrogens is 3. The van der Waals surface area contributed by atoms with Crippen molar-refractivity contribution in [1.82, 2.24) is 15.0 Å². The Morgan fingerprint density at radius 3 is 3.00 bits per heavy atom. The number of nitrogen functional groups attached to an aromatic ring is 1. The molecule has 2 aromatic rings. The van der Waals surface area contributed by atoms with E-state index in [4.69, 9.17) is 5.84 Å². The van der Waals surface area contributed by atoms with Gasteiger partial charge in [-0.3, -0.25) is 5.43 Å². The quantitative estimate of drug-likeness (QED) is 0.388. The molecule has 0 unspecified atom stereocenters. The van der Waals surface area contributed by atoms with Gasteiger partial charge in [-0.25, -0.2) is 10.8 Å². The van der Waals surface area contributed by atoms with E-state index in [2.05, 4.69) is 20.4 Å². The van der Waals surface area contributed by atoms with E-state index in [-0.39, 0.29) is 0 Å². The van der Waals surface area contributed by atoms with Gasteiger partial charge in [-0.2, -0.15) is 0 Å². The molecular formula is C7H9N5. The number of aromatic amines is 2. The van der Waals surface area contributed by atoms with Gasteiger partial charge in [-0.15, -0.1) is 0 Å². The number of hydrogen-bond acceptors (Lipinski definition) is 3. The minimum atomic E-state index is 0.561. The molecule has 0 bridgehead atoms. The van der Waals surface area contributed by atoms with Crippen molar-refractivity contribution in [2.75, 3.05) is 5.43 Å². The third kappa shape index (κ3) is 1.06. The van der Waals surface area contributed by atoms with Crippen LogP contribution in [0.15, 0.2) is 24.7 Å². The molecule has 62 valence electrons. The molecule has 5 nitrogen and oxygen atoms in total. The monoisotopic (exact) mass is 163 g/mol. The topological polar surface area (TPSA) is 82.5 Å². The minimum absolute atomic E-state index is 0.561. The summed E-state index contributed by atoms with van der Waals surface area (Å²) in [5.41, 5.74) is 4.43. The Morgan fingerprint density at radius 1 is 1.50 bits per heavy atom. The van der Waals surface area contributed by atoms with Gasteiger partial charge in [0.15, 0.2) is 0 Å². The van der Waals surface area contributed by atoms with Crippen LogP contribution in [0.2, 0.25) is 0 Å². The third-order valence-electron chi connectivity index (χ3n) is 1.62. The van der Waals surface area contributed by atoms with Gasteiger partial charge >= 0.3 is 0 Å². The van der Waals surface area contributed by atoms with E-state index in [1.807, 2.05) is 18.5 Å². The molecule has 0 spiro atoms. The number of anilines is 1. The van der Waals surface area contributed by atoms with Crippen LogP contribution in [-0.2, 0) is 0 Å². The molecule has 5 N–H and O–H groups in total. The van der Waals surface area contributed by atoms with Gasteiger partial charge in [-0.1, -0.05) is 0 Å². The zero-order valence-electron chi connectivity index (χ0n) is 6.33. The highest BCUT2D eigenvalue weighted by Gasteiger charge is 2.00. The van der Waals surface area contributed by atoms with Crippen LogP contribution in [0, 0.1) is 0 Å². The molecule has 0 aromatic carbocycles. The predicted octanol–water partition coefficient (Wildman–Crippen LogP) is 0.690.